The maximum atomic E-state index is 12.2. The molecular weight excluding hydrogens is 220 g/mol. The van der Waals surface area contributed by atoms with E-state index < -0.39 is 0 Å². The third-order valence-electron chi connectivity index (χ3n) is 3.28. The molecule has 0 aliphatic carbocycles. The molecule has 88 valence electrons. The Hall–Kier alpha value is -0.870. The van der Waals surface area contributed by atoms with Crippen molar-refractivity contribution in [1.29, 1.82) is 0 Å². The molecule has 16 heavy (non-hydrogen) atoms. The van der Waals surface area contributed by atoms with Crippen LogP contribution in [-0.4, -0.2) is 37.0 Å². The van der Waals surface area contributed by atoms with Gasteiger partial charge in [0.05, 0.1) is 4.88 Å². The van der Waals surface area contributed by atoms with Crippen LogP contribution in [0.25, 0.3) is 0 Å². The summed E-state index contributed by atoms with van der Waals surface area (Å²) < 4.78 is 0. The van der Waals surface area contributed by atoms with Gasteiger partial charge in [-0.15, -0.1) is 11.3 Å². The maximum Gasteiger partial charge on any atom is 0.263 e. The van der Waals surface area contributed by atoms with Crippen molar-refractivity contribution in [1.82, 2.24) is 10.2 Å². The third kappa shape index (κ3) is 2.13. The van der Waals surface area contributed by atoms with E-state index in [1.165, 1.54) is 10.4 Å². The van der Waals surface area contributed by atoms with E-state index in [1.807, 2.05) is 18.0 Å². The smallest absolute Gasteiger partial charge is 0.263 e. The van der Waals surface area contributed by atoms with Crippen molar-refractivity contribution in [2.45, 2.75) is 26.3 Å². The predicted molar refractivity (Wildman–Crippen MR) is 67.2 cm³/mol. The van der Waals surface area contributed by atoms with Crippen LogP contribution >= 0.6 is 11.3 Å². The summed E-state index contributed by atoms with van der Waals surface area (Å²) in [5.74, 6) is 0.162. The average Bonchev–Trinajstić information content (AvgIpc) is 2.87. The largest absolute Gasteiger partial charge is 0.337 e. The summed E-state index contributed by atoms with van der Waals surface area (Å²) in [5, 5.41) is 3.29. The highest BCUT2D eigenvalue weighted by molar-refractivity contribution is 7.14. The highest BCUT2D eigenvalue weighted by Crippen LogP contribution is 2.23. The summed E-state index contributed by atoms with van der Waals surface area (Å²) in [7, 11) is 1.91. The zero-order valence-corrected chi connectivity index (χ0v) is 10.9. The standard InChI is InChI=1S/C12H18N2OS/c1-8-6-11(16-9(8)2)12(15)14(3)10-4-5-13-7-10/h6,10,13H,4-5,7H2,1-3H3. The molecule has 1 N–H and O–H groups in total. The van der Waals surface area contributed by atoms with Crippen LogP contribution in [0.4, 0.5) is 0 Å². The van der Waals surface area contributed by atoms with Crippen molar-refractivity contribution in [2.24, 2.45) is 0 Å². The number of nitrogens with one attached hydrogen (secondary N) is 1. The summed E-state index contributed by atoms with van der Waals surface area (Å²) in [6, 6.07) is 2.36. The average molecular weight is 238 g/mol. The van der Waals surface area contributed by atoms with E-state index >= 15 is 0 Å². The Morgan fingerprint density at radius 3 is 2.81 bits per heavy atom. The van der Waals surface area contributed by atoms with E-state index in [9.17, 15) is 4.79 Å². The molecule has 2 rings (SSSR count). The van der Waals surface area contributed by atoms with Crippen LogP contribution in [0, 0.1) is 13.8 Å². The first-order valence-corrected chi connectivity index (χ1v) is 6.46. The number of aryl methyl sites for hydroxylation is 2. The highest BCUT2D eigenvalue weighted by atomic mass is 32.1. The molecule has 1 amide bonds. The number of carbonyl (C=O) groups is 1. The van der Waals surface area contributed by atoms with Crippen LogP contribution in [0.5, 0.6) is 0 Å². The van der Waals surface area contributed by atoms with E-state index in [4.69, 9.17) is 0 Å². The molecule has 1 aliphatic heterocycles. The van der Waals surface area contributed by atoms with Crippen molar-refractivity contribution >= 4 is 17.2 Å². The molecule has 1 aliphatic rings. The zero-order chi connectivity index (χ0) is 11.7. The van der Waals surface area contributed by atoms with Gasteiger partial charge >= 0.3 is 0 Å². The minimum Gasteiger partial charge on any atom is -0.337 e. The van der Waals surface area contributed by atoms with Gasteiger partial charge in [-0.25, -0.2) is 0 Å². The fourth-order valence-electron chi connectivity index (χ4n) is 1.99. The summed E-state index contributed by atoms with van der Waals surface area (Å²) in [5.41, 5.74) is 1.21. The van der Waals surface area contributed by atoms with Gasteiger partial charge in [0.15, 0.2) is 0 Å². The van der Waals surface area contributed by atoms with Gasteiger partial charge < -0.3 is 10.2 Å². The van der Waals surface area contributed by atoms with Crippen molar-refractivity contribution in [3.63, 3.8) is 0 Å². The number of hydrogen-bond donors (Lipinski definition) is 1. The fraction of sp³-hybridized carbons (Fsp3) is 0.583. The Morgan fingerprint density at radius 2 is 2.31 bits per heavy atom. The van der Waals surface area contributed by atoms with Gasteiger partial charge in [0.2, 0.25) is 0 Å². The minimum absolute atomic E-state index is 0.162. The molecule has 1 fully saturated rings. The normalized spacial score (nSPS) is 20.1. The molecule has 0 bridgehead atoms. The van der Waals surface area contributed by atoms with Crippen molar-refractivity contribution in [3.8, 4) is 0 Å². The molecule has 0 radical (unpaired) electrons. The summed E-state index contributed by atoms with van der Waals surface area (Å²) >= 11 is 1.60. The van der Waals surface area contributed by atoms with E-state index in [-0.39, 0.29) is 5.91 Å². The number of carbonyl (C=O) groups excluding carboxylic acids is 1. The monoisotopic (exact) mass is 238 g/mol. The van der Waals surface area contributed by atoms with Gasteiger partial charge in [0, 0.05) is 24.5 Å². The molecule has 1 aromatic rings. The number of hydrogen-bond acceptors (Lipinski definition) is 3. The number of likely N-dealkylation sites (N-methyl/N-ethyl adjacent to an activating group) is 1. The molecule has 1 unspecified atom stereocenters. The van der Waals surface area contributed by atoms with Gasteiger partial charge in [-0.3, -0.25) is 4.79 Å². The maximum absolute atomic E-state index is 12.2. The molecule has 2 heterocycles. The first-order chi connectivity index (χ1) is 7.59. The molecule has 1 aromatic heterocycles. The lowest BCUT2D eigenvalue weighted by atomic mass is 10.2. The Bertz CT molecular complexity index is 374. The summed E-state index contributed by atoms with van der Waals surface area (Å²) in [6.07, 6.45) is 1.06. The molecular formula is C12H18N2OS. The third-order valence-corrected chi connectivity index (χ3v) is 4.42. The number of nitrogens with zero attached hydrogens (tertiary/aromatic N) is 1. The first kappa shape index (κ1) is 11.6. The topological polar surface area (TPSA) is 32.3 Å². The second-order valence-corrected chi connectivity index (χ2v) is 5.67. The molecule has 1 saturated heterocycles. The zero-order valence-electron chi connectivity index (χ0n) is 10.0. The van der Waals surface area contributed by atoms with Crippen LogP contribution < -0.4 is 5.32 Å². The number of rotatable bonds is 2. The van der Waals surface area contributed by atoms with Gasteiger partial charge in [0.1, 0.15) is 0 Å². The lowest BCUT2D eigenvalue weighted by Gasteiger charge is -2.22. The minimum atomic E-state index is 0.162. The van der Waals surface area contributed by atoms with E-state index in [0.717, 1.165) is 24.4 Å². The Morgan fingerprint density at radius 1 is 1.56 bits per heavy atom. The van der Waals surface area contributed by atoms with Crippen molar-refractivity contribution < 1.29 is 4.79 Å². The molecule has 0 aromatic carbocycles. The number of thiophene rings is 1. The Labute approximate surface area is 100 Å². The van der Waals surface area contributed by atoms with E-state index in [0.29, 0.717) is 6.04 Å². The second kappa shape index (κ2) is 4.55. The van der Waals surface area contributed by atoms with Gasteiger partial charge in [0.25, 0.3) is 5.91 Å². The quantitative estimate of drug-likeness (QED) is 0.852. The van der Waals surface area contributed by atoms with E-state index in [2.05, 4.69) is 19.2 Å². The Balaban J connectivity index is 2.11. The van der Waals surface area contributed by atoms with Crippen molar-refractivity contribution in [3.05, 3.63) is 21.4 Å². The lowest BCUT2D eigenvalue weighted by molar-refractivity contribution is 0.0748. The predicted octanol–water partition coefficient (Wildman–Crippen LogP) is 1.80. The van der Waals surface area contributed by atoms with E-state index in [1.54, 1.807) is 11.3 Å². The van der Waals surface area contributed by atoms with Crippen LogP contribution in [0.1, 0.15) is 26.5 Å². The van der Waals surface area contributed by atoms with Crippen LogP contribution in [0.3, 0.4) is 0 Å². The molecule has 3 nitrogen and oxygen atoms in total. The van der Waals surface area contributed by atoms with Gasteiger partial charge in [-0.1, -0.05) is 0 Å². The van der Waals surface area contributed by atoms with Crippen LogP contribution in [0.15, 0.2) is 6.07 Å². The van der Waals surface area contributed by atoms with Gasteiger partial charge in [-0.05, 0) is 38.4 Å². The van der Waals surface area contributed by atoms with Crippen molar-refractivity contribution in [2.75, 3.05) is 20.1 Å². The fourth-order valence-corrected chi connectivity index (χ4v) is 3.00. The molecule has 0 saturated carbocycles. The Kier molecular flexibility index (Phi) is 3.30. The highest BCUT2D eigenvalue weighted by Gasteiger charge is 2.24. The van der Waals surface area contributed by atoms with Gasteiger partial charge in [-0.2, -0.15) is 0 Å². The summed E-state index contributed by atoms with van der Waals surface area (Å²) in [6.45, 7) is 6.06. The SMILES string of the molecule is Cc1cc(C(=O)N(C)C2CCNC2)sc1C. The molecule has 1 atom stereocenters. The molecule has 4 heteroatoms. The molecule has 0 spiro atoms. The summed E-state index contributed by atoms with van der Waals surface area (Å²) in [4.78, 5) is 16.2. The lowest BCUT2D eigenvalue weighted by Crippen LogP contribution is -2.37. The van der Waals surface area contributed by atoms with Crippen LogP contribution in [-0.2, 0) is 0 Å². The second-order valence-electron chi connectivity index (χ2n) is 4.41. The number of amides is 1. The van der Waals surface area contributed by atoms with Crippen LogP contribution in [0.2, 0.25) is 0 Å². The first-order valence-electron chi connectivity index (χ1n) is 5.64.